The average molecular weight is 258 g/mol. The number of anilines is 1. The van der Waals surface area contributed by atoms with Crippen molar-refractivity contribution >= 4 is 27.5 Å². The van der Waals surface area contributed by atoms with Crippen LogP contribution >= 0.6 is 15.9 Å². The Morgan fingerprint density at radius 3 is 2.64 bits per heavy atom. The molecule has 1 aromatic heterocycles. The first-order valence-corrected chi connectivity index (χ1v) is 4.99. The maximum absolute atomic E-state index is 11.6. The van der Waals surface area contributed by atoms with Gasteiger partial charge in [-0.2, -0.15) is 5.10 Å². The minimum Gasteiger partial charge on any atom is -0.323 e. The fourth-order valence-corrected chi connectivity index (χ4v) is 1.04. The van der Waals surface area contributed by atoms with Gasteiger partial charge in [-0.3, -0.25) is 4.79 Å². The van der Waals surface area contributed by atoms with E-state index >= 15 is 0 Å². The number of hydrogen-bond donors (Lipinski definition) is 1. The summed E-state index contributed by atoms with van der Waals surface area (Å²) in [7, 11) is 0. The fraction of sp³-hybridized carbons (Fsp3) is 0.444. The predicted octanol–water partition coefficient (Wildman–Crippen LogP) is 2.22. The lowest BCUT2D eigenvalue weighted by atomic mass is 9.96. The molecule has 1 rings (SSSR count). The van der Waals surface area contributed by atoms with Gasteiger partial charge in [0.1, 0.15) is 0 Å². The van der Waals surface area contributed by atoms with Crippen LogP contribution in [0.2, 0.25) is 0 Å². The van der Waals surface area contributed by atoms with Crippen molar-refractivity contribution in [2.45, 2.75) is 20.8 Å². The van der Waals surface area contributed by atoms with Gasteiger partial charge in [0.15, 0.2) is 4.60 Å². The van der Waals surface area contributed by atoms with Crippen LogP contribution in [0.4, 0.5) is 5.69 Å². The molecule has 4 nitrogen and oxygen atoms in total. The summed E-state index contributed by atoms with van der Waals surface area (Å²) in [4.78, 5) is 11.6. The monoisotopic (exact) mass is 257 g/mol. The van der Waals surface area contributed by atoms with Gasteiger partial charge in [-0.05, 0) is 22.0 Å². The van der Waals surface area contributed by atoms with E-state index in [0.29, 0.717) is 10.3 Å². The van der Waals surface area contributed by atoms with Gasteiger partial charge < -0.3 is 5.32 Å². The molecule has 0 saturated carbocycles. The van der Waals surface area contributed by atoms with Gasteiger partial charge >= 0.3 is 0 Å². The zero-order valence-electron chi connectivity index (χ0n) is 8.34. The Kier molecular flexibility index (Phi) is 3.21. The molecule has 76 valence electrons. The Balaban J connectivity index is 2.80. The summed E-state index contributed by atoms with van der Waals surface area (Å²) in [5.74, 6) is -0.0498. The Bertz CT molecular complexity index is 346. The lowest BCUT2D eigenvalue weighted by Gasteiger charge is -2.17. The topological polar surface area (TPSA) is 54.9 Å². The molecule has 0 aliphatic carbocycles. The number of amides is 1. The molecular weight excluding hydrogens is 246 g/mol. The third-order valence-electron chi connectivity index (χ3n) is 1.61. The molecule has 0 spiro atoms. The van der Waals surface area contributed by atoms with E-state index in [-0.39, 0.29) is 5.91 Å². The quantitative estimate of drug-likeness (QED) is 0.840. The number of nitrogens with zero attached hydrogens (tertiary/aromatic N) is 2. The SMILES string of the molecule is CC(C)(C)C(=O)Nc1ccnnc1Br. The van der Waals surface area contributed by atoms with Gasteiger partial charge in [0.2, 0.25) is 5.91 Å². The van der Waals surface area contributed by atoms with Crippen LogP contribution in [-0.4, -0.2) is 16.1 Å². The molecule has 0 atom stereocenters. The van der Waals surface area contributed by atoms with Crippen LogP contribution in [0, 0.1) is 5.41 Å². The van der Waals surface area contributed by atoms with Crippen LogP contribution in [0.5, 0.6) is 0 Å². The summed E-state index contributed by atoms with van der Waals surface area (Å²) in [5, 5.41) is 10.2. The van der Waals surface area contributed by atoms with Crippen molar-refractivity contribution in [3.8, 4) is 0 Å². The molecule has 1 amide bonds. The summed E-state index contributed by atoms with van der Waals surface area (Å²) < 4.78 is 0.539. The van der Waals surface area contributed by atoms with E-state index in [1.54, 1.807) is 6.07 Å². The highest BCUT2D eigenvalue weighted by Crippen LogP contribution is 2.21. The number of nitrogens with one attached hydrogen (secondary N) is 1. The molecule has 0 bridgehead atoms. The zero-order valence-corrected chi connectivity index (χ0v) is 9.92. The molecule has 1 N–H and O–H groups in total. The Morgan fingerprint density at radius 2 is 2.14 bits per heavy atom. The number of aromatic nitrogens is 2. The molecule has 5 heteroatoms. The number of rotatable bonds is 1. The standard InChI is InChI=1S/C9H12BrN3O/c1-9(2,3)8(14)12-6-4-5-11-13-7(6)10/h4-5H,1-3H3,(H,11,12,14). The Hall–Kier alpha value is -0.970. The first-order valence-electron chi connectivity index (χ1n) is 4.20. The van der Waals surface area contributed by atoms with Crippen molar-refractivity contribution in [2.75, 3.05) is 5.32 Å². The van der Waals surface area contributed by atoms with Crippen molar-refractivity contribution in [1.29, 1.82) is 0 Å². The summed E-state index contributed by atoms with van der Waals surface area (Å²) >= 11 is 3.20. The van der Waals surface area contributed by atoms with Crippen molar-refractivity contribution in [3.05, 3.63) is 16.9 Å². The minimum atomic E-state index is -0.414. The molecule has 1 aromatic rings. The molecule has 0 aliphatic heterocycles. The van der Waals surface area contributed by atoms with E-state index < -0.39 is 5.41 Å². The summed E-state index contributed by atoms with van der Waals surface area (Å²) in [5.41, 5.74) is 0.225. The van der Waals surface area contributed by atoms with Crippen LogP contribution in [0.25, 0.3) is 0 Å². The van der Waals surface area contributed by atoms with Crippen LogP contribution in [0.15, 0.2) is 16.9 Å². The van der Waals surface area contributed by atoms with Crippen molar-refractivity contribution in [1.82, 2.24) is 10.2 Å². The van der Waals surface area contributed by atoms with Crippen LogP contribution in [0.1, 0.15) is 20.8 Å². The Labute approximate surface area is 91.2 Å². The normalized spacial score (nSPS) is 11.1. The van der Waals surface area contributed by atoms with Crippen LogP contribution < -0.4 is 5.32 Å². The third kappa shape index (κ3) is 2.77. The maximum Gasteiger partial charge on any atom is 0.229 e. The van der Waals surface area contributed by atoms with E-state index in [1.165, 1.54) is 6.20 Å². The van der Waals surface area contributed by atoms with Gasteiger partial charge in [0.25, 0.3) is 0 Å². The number of hydrogen-bond acceptors (Lipinski definition) is 3. The predicted molar refractivity (Wildman–Crippen MR) is 57.8 cm³/mol. The zero-order chi connectivity index (χ0) is 10.8. The molecule has 0 unspecified atom stereocenters. The number of carbonyl (C=O) groups is 1. The lowest BCUT2D eigenvalue weighted by Crippen LogP contribution is -2.27. The first-order chi connectivity index (χ1) is 6.41. The van der Waals surface area contributed by atoms with Gasteiger partial charge in [-0.25, -0.2) is 0 Å². The molecule has 0 fully saturated rings. The number of halogens is 1. The Morgan fingerprint density at radius 1 is 1.50 bits per heavy atom. The van der Waals surface area contributed by atoms with Crippen molar-refractivity contribution in [2.24, 2.45) is 5.41 Å². The molecule has 1 heterocycles. The maximum atomic E-state index is 11.6. The van der Waals surface area contributed by atoms with E-state index in [1.807, 2.05) is 20.8 Å². The first kappa shape index (κ1) is 11.1. The van der Waals surface area contributed by atoms with Gasteiger partial charge in [-0.1, -0.05) is 20.8 Å². The van der Waals surface area contributed by atoms with E-state index in [9.17, 15) is 4.79 Å². The van der Waals surface area contributed by atoms with Gasteiger partial charge in [-0.15, -0.1) is 5.10 Å². The average Bonchev–Trinajstić information content (AvgIpc) is 2.07. The minimum absolute atomic E-state index is 0.0498. The van der Waals surface area contributed by atoms with E-state index in [4.69, 9.17) is 0 Å². The fourth-order valence-electron chi connectivity index (χ4n) is 0.718. The second-order valence-electron chi connectivity index (χ2n) is 3.94. The van der Waals surface area contributed by atoms with Crippen molar-refractivity contribution < 1.29 is 4.79 Å². The van der Waals surface area contributed by atoms with Gasteiger partial charge in [0.05, 0.1) is 11.9 Å². The smallest absolute Gasteiger partial charge is 0.229 e. The third-order valence-corrected chi connectivity index (χ3v) is 2.19. The lowest BCUT2D eigenvalue weighted by molar-refractivity contribution is -0.123. The molecular formula is C9H12BrN3O. The summed E-state index contributed by atoms with van der Waals surface area (Å²) in [6, 6.07) is 1.70. The van der Waals surface area contributed by atoms with E-state index in [0.717, 1.165) is 0 Å². The largest absolute Gasteiger partial charge is 0.323 e. The summed E-state index contributed by atoms with van der Waals surface area (Å²) in [6.45, 7) is 5.56. The molecule has 0 aliphatic rings. The van der Waals surface area contributed by atoms with Crippen molar-refractivity contribution in [3.63, 3.8) is 0 Å². The molecule has 0 saturated heterocycles. The second-order valence-corrected chi connectivity index (χ2v) is 4.69. The van der Waals surface area contributed by atoms with Crippen LogP contribution in [0.3, 0.4) is 0 Å². The highest BCUT2D eigenvalue weighted by molar-refractivity contribution is 9.10. The second kappa shape index (κ2) is 4.04. The number of carbonyl (C=O) groups excluding carboxylic acids is 1. The highest BCUT2D eigenvalue weighted by Gasteiger charge is 2.21. The van der Waals surface area contributed by atoms with Gasteiger partial charge in [0, 0.05) is 5.41 Å². The van der Waals surface area contributed by atoms with Crippen LogP contribution in [-0.2, 0) is 4.79 Å². The summed E-state index contributed by atoms with van der Waals surface area (Å²) in [6.07, 6.45) is 1.53. The molecule has 0 aromatic carbocycles. The highest BCUT2D eigenvalue weighted by atomic mass is 79.9. The van der Waals surface area contributed by atoms with E-state index in [2.05, 4.69) is 31.4 Å². The molecule has 14 heavy (non-hydrogen) atoms. The molecule has 0 radical (unpaired) electrons.